The van der Waals surface area contributed by atoms with Crippen LogP contribution < -0.4 is 0 Å². The maximum absolute atomic E-state index is 11.4. The number of hydrogen-bond acceptors (Lipinski definition) is 3. The SMILES string of the molecule is C[C@@H]1CN(Cc2ccccc2)[C@@H](CC(=O)O)CN1Cc1ccccc1. The summed E-state index contributed by atoms with van der Waals surface area (Å²) in [5.74, 6) is -0.725. The summed E-state index contributed by atoms with van der Waals surface area (Å²) in [7, 11) is 0. The van der Waals surface area contributed by atoms with E-state index in [1.807, 2.05) is 24.3 Å². The van der Waals surface area contributed by atoms with Gasteiger partial charge in [-0.05, 0) is 18.1 Å². The quantitative estimate of drug-likeness (QED) is 0.878. The number of carboxylic acids is 1. The molecule has 0 radical (unpaired) electrons. The van der Waals surface area contributed by atoms with Gasteiger partial charge in [-0.1, -0.05) is 60.7 Å². The topological polar surface area (TPSA) is 43.8 Å². The number of piperazine rings is 1. The molecular weight excluding hydrogens is 312 g/mol. The van der Waals surface area contributed by atoms with E-state index in [1.54, 1.807) is 0 Å². The van der Waals surface area contributed by atoms with Gasteiger partial charge in [0.25, 0.3) is 0 Å². The van der Waals surface area contributed by atoms with E-state index in [-0.39, 0.29) is 12.5 Å². The van der Waals surface area contributed by atoms with Gasteiger partial charge in [0.15, 0.2) is 0 Å². The molecule has 1 heterocycles. The zero-order valence-electron chi connectivity index (χ0n) is 14.7. The fourth-order valence-electron chi connectivity index (χ4n) is 3.62. The molecule has 2 atom stereocenters. The van der Waals surface area contributed by atoms with Crippen molar-refractivity contribution in [3.8, 4) is 0 Å². The molecule has 0 spiro atoms. The molecule has 4 heteroatoms. The molecule has 0 unspecified atom stereocenters. The molecule has 2 aromatic rings. The van der Waals surface area contributed by atoms with Crippen LogP contribution in [0.15, 0.2) is 60.7 Å². The lowest BCUT2D eigenvalue weighted by atomic mass is 10.0. The van der Waals surface area contributed by atoms with E-state index in [2.05, 4.69) is 53.1 Å². The van der Waals surface area contributed by atoms with Gasteiger partial charge in [-0.3, -0.25) is 14.6 Å². The Morgan fingerprint density at radius 2 is 1.44 bits per heavy atom. The second-order valence-electron chi connectivity index (χ2n) is 6.93. The van der Waals surface area contributed by atoms with Crippen LogP contribution >= 0.6 is 0 Å². The van der Waals surface area contributed by atoms with Gasteiger partial charge in [-0.15, -0.1) is 0 Å². The van der Waals surface area contributed by atoms with Crippen molar-refractivity contribution in [1.82, 2.24) is 9.80 Å². The maximum atomic E-state index is 11.4. The van der Waals surface area contributed by atoms with Crippen LogP contribution in [-0.2, 0) is 17.9 Å². The molecule has 25 heavy (non-hydrogen) atoms. The van der Waals surface area contributed by atoms with Crippen LogP contribution in [-0.4, -0.2) is 46.0 Å². The molecule has 1 aliphatic rings. The lowest BCUT2D eigenvalue weighted by Gasteiger charge is -2.45. The average Bonchev–Trinajstić information content (AvgIpc) is 2.60. The molecule has 3 rings (SSSR count). The number of rotatable bonds is 6. The van der Waals surface area contributed by atoms with Crippen molar-refractivity contribution in [2.75, 3.05) is 13.1 Å². The lowest BCUT2D eigenvalue weighted by molar-refractivity contribution is -0.139. The molecule has 0 saturated carbocycles. The minimum Gasteiger partial charge on any atom is -0.481 e. The normalized spacial score (nSPS) is 22.0. The van der Waals surface area contributed by atoms with Crippen molar-refractivity contribution in [2.45, 2.75) is 38.5 Å². The Morgan fingerprint density at radius 3 is 1.96 bits per heavy atom. The Hall–Kier alpha value is -2.17. The first-order valence-electron chi connectivity index (χ1n) is 8.89. The molecule has 0 amide bonds. The summed E-state index contributed by atoms with van der Waals surface area (Å²) in [5, 5.41) is 9.35. The fourth-order valence-corrected chi connectivity index (χ4v) is 3.62. The van der Waals surface area contributed by atoms with Gasteiger partial charge in [-0.2, -0.15) is 0 Å². The van der Waals surface area contributed by atoms with Gasteiger partial charge in [0, 0.05) is 38.3 Å². The minimum atomic E-state index is -0.725. The average molecular weight is 338 g/mol. The van der Waals surface area contributed by atoms with Crippen molar-refractivity contribution in [1.29, 1.82) is 0 Å². The zero-order valence-corrected chi connectivity index (χ0v) is 14.7. The number of benzene rings is 2. The van der Waals surface area contributed by atoms with Crippen molar-refractivity contribution in [3.05, 3.63) is 71.8 Å². The number of carboxylic acid groups (broad SMARTS) is 1. The van der Waals surface area contributed by atoms with Crippen molar-refractivity contribution in [2.24, 2.45) is 0 Å². The standard InChI is InChI=1S/C21H26N2O2/c1-17-13-23(15-19-10-6-3-7-11-19)20(12-21(24)25)16-22(17)14-18-8-4-2-5-9-18/h2-11,17,20H,12-16H2,1H3,(H,24,25)/t17-,20+/m1/s1. The molecule has 1 aliphatic heterocycles. The molecule has 2 aromatic carbocycles. The third-order valence-electron chi connectivity index (χ3n) is 4.95. The Labute approximate surface area is 149 Å². The van der Waals surface area contributed by atoms with Gasteiger partial charge in [0.05, 0.1) is 6.42 Å². The fraction of sp³-hybridized carbons (Fsp3) is 0.381. The zero-order chi connectivity index (χ0) is 17.6. The monoisotopic (exact) mass is 338 g/mol. The summed E-state index contributed by atoms with van der Waals surface area (Å²) in [5.41, 5.74) is 2.52. The molecule has 4 nitrogen and oxygen atoms in total. The number of nitrogens with zero attached hydrogens (tertiary/aromatic N) is 2. The van der Waals surface area contributed by atoms with E-state index in [9.17, 15) is 9.90 Å². The lowest BCUT2D eigenvalue weighted by Crippen LogP contribution is -2.57. The summed E-state index contributed by atoms with van der Waals surface area (Å²) in [6.45, 7) is 5.59. The van der Waals surface area contributed by atoms with Crippen molar-refractivity contribution < 1.29 is 9.90 Å². The highest BCUT2D eigenvalue weighted by Crippen LogP contribution is 2.22. The third-order valence-corrected chi connectivity index (χ3v) is 4.95. The Balaban J connectivity index is 1.71. The van der Waals surface area contributed by atoms with Crippen molar-refractivity contribution >= 4 is 5.97 Å². The highest BCUT2D eigenvalue weighted by atomic mass is 16.4. The highest BCUT2D eigenvalue weighted by molar-refractivity contribution is 5.67. The summed E-state index contributed by atoms with van der Waals surface area (Å²) in [6, 6.07) is 21.2. The van der Waals surface area contributed by atoms with E-state index in [1.165, 1.54) is 11.1 Å². The molecule has 0 bridgehead atoms. The first-order chi connectivity index (χ1) is 12.1. The molecule has 1 N–H and O–H groups in total. The second-order valence-corrected chi connectivity index (χ2v) is 6.93. The van der Waals surface area contributed by atoms with Gasteiger partial charge >= 0.3 is 5.97 Å². The Morgan fingerprint density at radius 1 is 0.920 bits per heavy atom. The van der Waals surface area contributed by atoms with Crippen LogP contribution in [0.2, 0.25) is 0 Å². The minimum absolute atomic E-state index is 0.0395. The van der Waals surface area contributed by atoms with Crippen LogP contribution in [0.4, 0.5) is 0 Å². The number of aliphatic carboxylic acids is 1. The first-order valence-corrected chi connectivity index (χ1v) is 8.89. The molecule has 1 saturated heterocycles. The van der Waals surface area contributed by atoms with E-state index < -0.39 is 5.97 Å². The summed E-state index contributed by atoms with van der Waals surface area (Å²) in [4.78, 5) is 16.1. The van der Waals surface area contributed by atoms with Crippen molar-refractivity contribution in [3.63, 3.8) is 0 Å². The summed E-state index contributed by atoms with van der Waals surface area (Å²) in [6.07, 6.45) is 0.185. The van der Waals surface area contributed by atoms with E-state index in [4.69, 9.17) is 0 Å². The summed E-state index contributed by atoms with van der Waals surface area (Å²) >= 11 is 0. The molecule has 132 valence electrons. The molecule has 0 aromatic heterocycles. The number of carbonyl (C=O) groups is 1. The predicted molar refractivity (Wildman–Crippen MR) is 99.2 cm³/mol. The predicted octanol–water partition coefficient (Wildman–Crippen LogP) is 3.24. The van der Waals surface area contributed by atoms with Gasteiger partial charge < -0.3 is 5.11 Å². The van der Waals surface area contributed by atoms with Crippen LogP contribution in [0.1, 0.15) is 24.5 Å². The first kappa shape index (κ1) is 17.6. The highest BCUT2D eigenvalue weighted by Gasteiger charge is 2.32. The molecule has 0 aliphatic carbocycles. The molecule has 1 fully saturated rings. The van der Waals surface area contributed by atoms with Crippen LogP contribution in [0.25, 0.3) is 0 Å². The Kier molecular flexibility index (Phi) is 5.84. The summed E-state index contributed by atoms with van der Waals surface area (Å²) < 4.78 is 0. The Bertz CT molecular complexity index is 675. The van der Waals surface area contributed by atoms with Gasteiger partial charge in [-0.25, -0.2) is 0 Å². The van der Waals surface area contributed by atoms with Crippen LogP contribution in [0.3, 0.4) is 0 Å². The van der Waals surface area contributed by atoms with Crippen LogP contribution in [0, 0.1) is 0 Å². The largest absolute Gasteiger partial charge is 0.481 e. The van der Waals surface area contributed by atoms with Crippen LogP contribution in [0.5, 0.6) is 0 Å². The molecular formula is C21H26N2O2. The van der Waals surface area contributed by atoms with Gasteiger partial charge in [0.1, 0.15) is 0 Å². The second kappa shape index (κ2) is 8.28. The van der Waals surface area contributed by atoms with E-state index in [0.717, 1.165) is 26.2 Å². The third kappa shape index (κ3) is 4.91. The maximum Gasteiger partial charge on any atom is 0.304 e. The van der Waals surface area contributed by atoms with E-state index >= 15 is 0 Å². The number of hydrogen-bond donors (Lipinski definition) is 1. The van der Waals surface area contributed by atoms with Gasteiger partial charge in [0.2, 0.25) is 0 Å². The smallest absolute Gasteiger partial charge is 0.304 e. The van der Waals surface area contributed by atoms with E-state index in [0.29, 0.717) is 6.04 Å².